The zero-order chi connectivity index (χ0) is 13.3. The Labute approximate surface area is 109 Å². The molecule has 1 aliphatic carbocycles. The van der Waals surface area contributed by atoms with Crippen molar-refractivity contribution in [2.24, 2.45) is 0 Å². The first-order valence-electron chi connectivity index (χ1n) is 6.31. The fourth-order valence-corrected chi connectivity index (χ4v) is 2.68. The molecule has 0 radical (unpaired) electrons. The highest BCUT2D eigenvalue weighted by Crippen LogP contribution is 2.37. The maximum atomic E-state index is 11.8. The van der Waals surface area contributed by atoms with E-state index in [1.807, 2.05) is 0 Å². The van der Waals surface area contributed by atoms with E-state index in [1.54, 1.807) is 12.3 Å². The van der Waals surface area contributed by atoms with E-state index in [1.165, 1.54) is 7.05 Å². The quantitative estimate of drug-likeness (QED) is 0.818. The van der Waals surface area contributed by atoms with Crippen LogP contribution < -0.4 is 10.0 Å². The lowest BCUT2D eigenvalue weighted by atomic mass is 10.3. The SMILES string of the molecule is CNS(=O)(=O)c1cc(CNC(C)C)n(C2CC2)c1. The van der Waals surface area contributed by atoms with Gasteiger partial charge < -0.3 is 9.88 Å². The molecule has 2 N–H and O–H groups in total. The number of rotatable bonds is 6. The maximum Gasteiger partial charge on any atom is 0.241 e. The van der Waals surface area contributed by atoms with Crippen LogP contribution in [0, 0.1) is 0 Å². The highest BCUT2D eigenvalue weighted by atomic mass is 32.2. The summed E-state index contributed by atoms with van der Waals surface area (Å²) in [5.74, 6) is 0. The monoisotopic (exact) mass is 271 g/mol. The molecule has 0 aliphatic heterocycles. The molecule has 5 nitrogen and oxygen atoms in total. The Kier molecular flexibility index (Phi) is 3.79. The van der Waals surface area contributed by atoms with E-state index in [2.05, 4.69) is 28.5 Å². The largest absolute Gasteiger partial charge is 0.346 e. The Morgan fingerprint density at radius 2 is 2.11 bits per heavy atom. The normalized spacial score (nSPS) is 16.4. The van der Waals surface area contributed by atoms with Gasteiger partial charge in [0.25, 0.3) is 0 Å². The number of aromatic nitrogens is 1. The van der Waals surface area contributed by atoms with Crippen molar-refractivity contribution in [2.45, 2.75) is 50.2 Å². The third-order valence-electron chi connectivity index (χ3n) is 3.12. The van der Waals surface area contributed by atoms with Crippen LogP contribution in [0.25, 0.3) is 0 Å². The molecule has 0 atom stereocenters. The van der Waals surface area contributed by atoms with Gasteiger partial charge in [0, 0.05) is 30.5 Å². The molecule has 0 spiro atoms. The maximum absolute atomic E-state index is 11.8. The van der Waals surface area contributed by atoms with Gasteiger partial charge in [0.1, 0.15) is 0 Å². The first-order chi connectivity index (χ1) is 8.44. The highest BCUT2D eigenvalue weighted by Gasteiger charge is 2.27. The lowest BCUT2D eigenvalue weighted by Gasteiger charge is -2.10. The minimum Gasteiger partial charge on any atom is -0.346 e. The summed E-state index contributed by atoms with van der Waals surface area (Å²) in [4.78, 5) is 0.359. The van der Waals surface area contributed by atoms with Crippen LogP contribution in [0.4, 0.5) is 0 Å². The van der Waals surface area contributed by atoms with E-state index in [0.29, 0.717) is 23.5 Å². The molecule has 0 bridgehead atoms. The number of sulfonamides is 1. The molecule has 0 unspecified atom stereocenters. The van der Waals surface area contributed by atoms with E-state index < -0.39 is 10.0 Å². The predicted molar refractivity (Wildman–Crippen MR) is 70.9 cm³/mol. The Hall–Kier alpha value is -0.850. The lowest BCUT2D eigenvalue weighted by molar-refractivity contribution is 0.558. The van der Waals surface area contributed by atoms with Crippen LogP contribution in [-0.2, 0) is 16.6 Å². The van der Waals surface area contributed by atoms with Crippen LogP contribution in [0.5, 0.6) is 0 Å². The van der Waals surface area contributed by atoms with Crippen molar-refractivity contribution < 1.29 is 8.42 Å². The van der Waals surface area contributed by atoms with Crippen molar-refractivity contribution in [1.29, 1.82) is 0 Å². The highest BCUT2D eigenvalue weighted by molar-refractivity contribution is 7.89. The number of hydrogen-bond acceptors (Lipinski definition) is 3. The van der Waals surface area contributed by atoms with Crippen molar-refractivity contribution >= 4 is 10.0 Å². The van der Waals surface area contributed by atoms with Gasteiger partial charge in [-0.15, -0.1) is 0 Å². The van der Waals surface area contributed by atoms with E-state index in [9.17, 15) is 8.42 Å². The second-order valence-electron chi connectivity index (χ2n) is 5.05. The second-order valence-corrected chi connectivity index (χ2v) is 6.94. The van der Waals surface area contributed by atoms with E-state index >= 15 is 0 Å². The molecule has 1 heterocycles. The van der Waals surface area contributed by atoms with Crippen LogP contribution >= 0.6 is 0 Å². The summed E-state index contributed by atoms with van der Waals surface area (Å²) < 4.78 is 28.1. The summed E-state index contributed by atoms with van der Waals surface area (Å²) in [5.41, 5.74) is 1.04. The van der Waals surface area contributed by atoms with Crippen LogP contribution in [-0.4, -0.2) is 26.1 Å². The van der Waals surface area contributed by atoms with Crippen LogP contribution in [0.15, 0.2) is 17.2 Å². The van der Waals surface area contributed by atoms with Crippen molar-refractivity contribution in [3.8, 4) is 0 Å². The van der Waals surface area contributed by atoms with Crippen molar-refractivity contribution in [2.75, 3.05) is 7.05 Å². The molecule has 1 aromatic heterocycles. The molecule has 0 aromatic carbocycles. The molecule has 1 fully saturated rings. The minimum absolute atomic E-state index is 0.359. The zero-order valence-corrected chi connectivity index (χ0v) is 11.9. The summed E-state index contributed by atoms with van der Waals surface area (Å²) >= 11 is 0. The molecule has 2 rings (SSSR count). The molecule has 1 aliphatic rings. The summed E-state index contributed by atoms with van der Waals surface area (Å²) in [5, 5.41) is 3.33. The molecular weight excluding hydrogens is 250 g/mol. The zero-order valence-electron chi connectivity index (χ0n) is 11.1. The topological polar surface area (TPSA) is 63.1 Å². The summed E-state index contributed by atoms with van der Waals surface area (Å²) in [6.07, 6.45) is 4.03. The molecule has 1 saturated carbocycles. The van der Waals surface area contributed by atoms with Gasteiger partial charge in [-0.25, -0.2) is 13.1 Å². The van der Waals surface area contributed by atoms with E-state index in [-0.39, 0.29) is 0 Å². The van der Waals surface area contributed by atoms with Gasteiger partial charge in [-0.1, -0.05) is 13.8 Å². The first kappa shape index (κ1) is 13.6. The van der Waals surface area contributed by atoms with Gasteiger partial charge in [0.2, 0.25) is 10.0 Å². The van der Waals surface area contributed by atoms with Gasteiger partial charge in [0.15, 0.2) is 0 Å². The molecule has 0 amide bonds. The average Bonchev–Trinajstić information content (AvgIpc) is 3.06. The van der Waals surface area contributed by atoms with Gasteiger partial charge >= 0.3 is 0 Å². The Bertz CT molecular complexity index is 515. The fourth-order valence-electron chi connectivity index (χ4n) is 1.90. The molecule has 0 saturated heterocycles. The minimum atomic E-state index is -3.34. The Morgan fingerprint density at radius 3 is 2.61 bits per heavy atom. The number of nitrogens with zero attached hydrogens (tertiary/aromatic N) is 1. The van der Waals surface area contributed by atoms with Crippen molar-refractivity contribution in [1.82, 2.24) is 14.6 Å². The number of hydrogen-bond donors (Lipinski definition) is 2. The van der Waals surface area contributed by atoms with Crippen molar-refractivity contribution in [3.63, 3.8) is 0 Å². The van der Waals surface area contributed by atoms with Crippen LogP contribution in [0.3, 0.4) is 0 Å². The molecule has 102 valence electrons. The summed E-state index contributed by atoms with van der Waals surface area (Å²) in [6, 6.07) is 2.63. The number of nitrogens with one attached hydrogen (secondary N) is 2. The fraction of sp³-hybridized carbons (Fsp3) is 0.667. The van der Waals surface area contributed by atoms with Gasteiger partial charge in [-0.2, -0.15) is 0 Å². The molecule has 18 heavy (non-hydrogen) atoms. The smallest absolute Gasteiger partial charge is 0.241 e. The lowest BCUT2D eigenvalue weighted by Crippen LogP contribution is -2.23. The van der Waals surface area contributed by atoms with Crippen LogP contribution in [0.2, 0.25) is 0 Å². The third kappa shape index (κ3) is 2.93. The summed E-state index contributed by atoms with van der Waals surface area (Å²) in [7, 11) is -1.90. The van der Waals surface area contributed by atoms with E-state index in [4.69, 9.17) is 0 Å². The molecule has 6 heteroatoms. The summed E-state index contributed by atoms with van der Waals surface area (Å²) in [6.45, 7) is 4.86. The Balaban J connectivity index is 2.27. The van der Waals surface area contributed by atoms with E-state index in [0.717, 1.165) is 18.5 Å². The molecule has 1 aromatic rings. The van der Waals surface area contributed by atoms with Gasteiger partial charge in [-0.3, -0.25) is 0 Å². The van der Waals surface area contributed by atoms with Crippen LogP contribution in [0.1, 0.15) is 38.4 Å². The first-order valence-corrected chi connectivity index (χ1v) is 7.80. The van der Waals surface area contributed by atoms with Crippen molar-refractivity contribution in [3.05, 3.63) is 18.0 Å². The van der Waals surface area contributed by atoms with Gasteiger partial charge in [-0.05, 0) is 26.0 Å². The Morgan fingerprint density at radius 1 is 1.44 bits per heavy atom. The predicted octanol–water partition coefficient (Wildman–Crippen LogP) is 1.23. The standard InChI is InChI=1S/C12H21N3O2S/c1-9(2)14-7-11-6-12(18(16,17)13-3)8-15(11)10-4-5-10/h6,8-10,13-14H,4-5,7H2,1-3H3. The third-order valence-corrected chi connectivity index (χ3v) is 4.50. The van der Waals surface area contributed by atoms with Gasteiger partial charge in [0.05, 0.1) is 4.90 Å². The second kappa shape index (κ2) is 5.03. The average molecular weight is 271 g/mol. The molecular formula is C12H21N3O2S.